The van der Waals surface area contributed by atoms with Gasteiger partial charge in [0.15, 0.2) is 17.6 Å². The average molecular weight is 180 g/mol. The fourth-order valence-electron chi connectivity index (χ4n) is 1.18. The Morgan fingerprint density at radius 3 is 3.15 bits per heavy atom. The van der Waals surface area contributed by atoms with Gasteiger partial charge in [0.1, 0.15) is 0 Å². The summed E-state index contributed by atoms with van der Waals surface area (Å²) in [7, 11) is 0. The standard InChI is InChI=1S/C7H8N4O2/c1-2-11-7-5(9-3-13-7)4(10-11)6(8)12/h3H,2H2,1H3,(H2,8,12). The third-order valence-electron chi connectivity index (χ3n) is 1.76. The zero-order chi connectivity index (χ0) is 9.42. The summed E-state index contributed by atoms with van der Waals surface area (Å²) in [6.45, 7) is 2.50. The van der Waals surface area contributed by atoms with Gasteiger partial charge >= 0.3 is 0 Å². The average Bonchev–Trinajstić information content (AvgIpc) is 2.61. The Kier molecular flexibility index (Phi) is 1.54. The highest BCUT2D eigenvalue weighted by Gasteiger charge is 2.17. The molecule has 0 spiro atoms. The molecule has 0 aliphatic rings. The van der Waals surface area contributed by atoms with Crippen molar-refractivity contribution in [2.24, 2.45) is 5.73 Å². The minimum atomic E-state index is -0.592. The lowest BCUT2D eigenvalue weighted by Crippen LogP contribution is -2.13. The monoisotopic (exact) mass is 180 g/mol. The van der Waals surface area contributed by atoms with E-state index in [1.807, 2.05) is 6.92 Å². The van der Waals surface area contributed by atoms with Crippen molar-refractivity contribution in [1.82, 2.24) is 14.8 Å². The van der Waals surface area contributed by atoms with Crippen molar-refractivity contribution in [1.29, 1.82) is 0 Å². The summed E-state index contributed by atoms with van der Waals surface area (Å²) < 4.78 is 6.60. The highest BCUT2D eigenvalue weighted by molar-refractivity contribution is 6.01. The normalized spacial score (nSPS) is 10.8. The van der Waals surface area contributed by atoms with Gasteiger partial charge in [-0.3, -0.25) is 4.79 Å². The SMILES string of the molecule is CCn1nc(C(N)=O)c2ncoc21. The van der Waals surface area contributed by atoms with Gasteiger partial charge in [0.25, 0.3) is 5.91 Å². The molecule has 0 aliphatic carbocycles. The molecule has 0 unspecified atom stereocenters. The van der Waals surface area contributed by atoms with Crippen LogP contribution in [0.4, 0.5) is 0 Å². The van der Waals surface area contributed by atoms with Crippen LogP contribution >= 0.6 is 0 Å². The molecule has 0 aliphatic heterocycles. The lowest BCUT2D eigenvalue weighted by atomic mass is 10.4. The van der Waals surface area contributed by atoms with Crippen LogP contribution in [-0.2, 0) is 6.54 Å². The summed E-state index contributed by atoms with van der Waals surface area (Å²) in [5.41, 5.74) is 6.18. The molecule has 2 aromatic heterocycles. The van der Waals surface area contributed by atoms with E-state index in [1.54, 1.807) is 4.68 Å². The maximum absolute atomic E-state index is 10.9. The summed E-state index contributed by atoms with van der Waals surface area (Å²) >= 11 is 0. The van der Waals surface area contributed by atoms with E-state index in [-0.39, 0.29) is 5.69 Å². The van der Waals surface area contributed by atoms with Crippen molar-refractivity contribution in [2.45, 2.75) is 13.5 Å². The maximum atomic E-state index is 10.9. The van der Waals surface area contributed by atoms with Crippen LogP contribution in [0, 0.1) is 0 Å². The Labute approximate surface area is 73.3 Å². The Bertz CT molecular complexity index is 456. The van der Waals surface area contributed by atoms with Crippen LogP contribution in [0.3, 0.4) is 0 Å². The van der Waals surface area contributed by atoms with Gasteiger partial charge < -0.3 is 10.2 Å². The van der Waals surface area contributed by atoms with Gasteiger partial charge in [-0.15, -0.1) is 0 Å². The zero-order valence-electron chi connectivity index (χ0n) is 7.02. The number of aryl methyl sites for hydroxylation is 1. The van der Waals surface area contributed by atoms with Gasteiger partial charge in [-0.25, -0.2) is 9.67 Å². The topological polar surface area (TPSA) is 86.9 Å². The first-order valence-corrected chi connectivity index (χ1v) is 3.83. The van der Waals surface area contributed by atoms with Gasteiger partial charge in [0.2, 0.25) is 5.71 Å². The number of nitrogens with two attached hydrogens (primary N) is 1. The van der Waals surface area contributed by atoms with Gasteiger partial charge in [-0.05, 0) is 6.92 Å². The number of nitrogens with zero attached hydrogens (tertiary/aromatic N) is 3. The molecule has 0 bridgehead atoms. The molecule has 2 rings (SSSR count). The maximum Gasteiger partial charge on any atom is 0.271 e. The van der Waals surface area contributed by atoms with Crippen LogP contribution < -0.4 is 5.73 Å². The molecule has 6 nitrogen and oxygen atoms in total. The number of carbonyl (C=O) groups excluding carboxylic acids is 1. The number of fused-ring (bicyclic) bond motifs is 1. The molecule has 0 radical (unpaired) electrons. The fourth-order valence-corrected chi connectivity index (χ4v) is 1.18. The van der Waals surface area contributed by atoms with E-state index in [1.165, 1.54) is 6.39 Å². The second-order valence-corrected chi connectivity index (χ2v) is 2.53. The molecule has 68 valence electrons. The van der Waals surface area contributed by atoms with Crippen LogP contribution in [0.1, 0.15) is 17.4 Å². The Morgan fingerprint density at radius 1 is 1.77 bits per heavy atom. The number of oxazole rings is 1. The molecular formula is C7H8N4O2. The van der Waals surface area contributed by atoms with E-state index in [2.05, 4.69) is 10.1 Å². The van der Waals surface area contributed by atoms with Crippen molar-refractivity contribution >= 4 is 17.1 Å². The second-order valence-electron chi connectivity index (χ2n) is 2.53. The highest BCUT2D eigenvalue weighted by Crippen LogP contribution is 2.15. The molecule has 0 fully saturated rings. The van der Waals surface area contributed by atoms with Crippen LogP contribution in [0.25, 0.3) is 11.2 Å². The third-order valence-corrected chi connectivity index (χ3v) is 1.76. The Hall–Kier alpha value is -1.85. The van der Waals surface area contributed by atoms with Gasteiger partial charge in [0, 0.05) is 6.54 Å². The molecule has 2 aromatic rings. The second kappa shape index (κ2) is 2.58. The molecule has 6 heteroatoms. The third kappa shape index (κ3) is 0.986. The summed E-state index contributed by atoms with van der Waals surface area (Å²) in [5.74, 6) is -0.592. The molecule has 1 amide bonds. The number of rotatable bonds is 2. The minimum absolute atomic E-state index is 0.158. The quantitative estimate of drug-likeness (QED) is 0.712. The lowest BCUT2D eigenvalue weighted by Gasteiger charge is -1.91. The van der Waals surface area contributed by atoms with Crippen molar-refractivity contribution in [3.05, 3.63) is 12.1 Å². The van der Waals surface area contributed by atoms with E-state index in [4.69, 9.17) is 10.2 Å². The van der Waals surface area contributed by atoms with Gasteiger partial charge in [-0.1, -0.05) is 0 Å². The molecule has 0 aromatic carbocycles. The largest absolute Gasteiger partial charge is 0.425 e. The van der Waals surface area contributed by atoms with Crippen molar-refractivity contribution < 1.29 is 9.21 Å². The Balaban J connectivity index is 2.75. The Morgan fingerprint density at radius 2 is 2.54 bits per heavy atom. The van der Waals surface area contributed by atoms with Crippen LogP contribution in [0.2, 0.25) is 0 Å². The molecule has 0 atom stereocenters. The summed E-state index contributed by atoms with van der Waals surface area (Å²) in [4.78, 5) is 14.8. The summed E-state index contributed by atoms with van der Waals surface area (Å²) in [6, 6.07) is 0. The number of aromatic nitrogens is 3. The first-order chi connectivity index (χ1) is 6.24. The van der Waals surface area contributed by atoms with Crippen molar-refractivity contribution in [3.63, 3.8) is 0 Å². The number of amides is 1. The predicted molar refractivity (Wildman–Crippen MR) is 44.0 cm³/mol. The lowest BCUT2D eigenvalue weighted by molar-refractivity contribution is 0.0996. The van der Waals surface area contributed by atoms with Crippen LogP contribution in [0.5, 0.6) is 0 Å². The molecule has 0 saturated heterocycles. The molecule has 13 heavy (non-hydrogen) atoms. The van der Waals surface area contributed by atoms with Crippen LogP contribution in [0.15, 0.2) is 10.8 Å². The summed E-state index contributed by atoms with van der Waals surface area (Å²) in [5, 5.41) is 3.95. The molecule has 2 heterocycles. The van der Waals surface area contributed by atoms with E-state index in [0.29, 0.717) is 17.8 Å². The number of hydrogen-bond acceptors (Lipinski definition) is 4. The molecule has 0 saturated carbocycles. The van der Waals surface area contributed by atoms with E-state index in [0.717, 1.165) is 0 Å². The van der Waals surface area contributed by atoms with Gasteiger partial charge in [0.05, 0.1) is 0 Å². The van der Waals surface area contributed by atoms with E-state index >= 15 is 0 Å². The highest BCUT2D eigenvalue weighted by atomic mass is 16.3. The molecule has 2 N–H and O–H groups in total. The van der Waals surface area contributed by atoms with Crippen LogP contribution in [-0.4, -0.2) is 20.7 Å². The minimum Gasteiger partial charge on any atom is -0.425 e. The number of carbonyl (C=O) groups is 1. The van der Waals surface area contributed by atoms with E-state index in [9.17, 15) is 4.79 Å². The number of primary amides is 1. The first kappa shape index (κ1) is 7.78. The molecular weight excluding hydrogens is 172 g/mol. The number of hydrogen-bond donors (Lipinski definition) is 1. The summed E-state index contributed by atoms with van der Waals surface area (Å²) in [6.07, 6.45) is 1.27. The van der Waals surface area contributed by atoms with Crippen molar-refractivity contribution in [2.75, 3.05) is 0 Å². The van der Waals surface area contributed by atoms with Gasteiger partial charge in [-0.2, -0.15) is 5.10 Å². The van der Waals surface area contributed by atoms with E-state index < -0.39 is 5.91 Å². The first-order valence-electron chi connectivity index (χ1n) is 3.83. The zero-order valence-corrected chi connectivity index (χ0v) is 7.02. The van der Waals surface area contributed by atoms with Crippen molar-refractivity contribution in [3.8, 4) is 0 Å². The smallest absolute Gasteiger partial charge is 0.271 e. The predicted octanol–water partition coefficient (Wildman–Crippen LogP) is 0.143. The fraction of sp³-hybridized carbons (Fsp3) is 0.286.